The van der Waals surface area contributed by atoms with Crippen LogP contribution in [0.25, 0.3) is 0 Å². The fourth-order valence-corrected chi connectivity index (χ4v) is 2.52. The third-order valence-corrected chi connectivity index (χ3v) is 3.93. The topological polar surface area (TPSA) is 55.8 Å². The number of ether oxygens (including phenoxy) is 2. The maximum absolute atomic E-state index is 10.8. The van der Waals surface area contributed by atoms with Crippen molar-refractivity contribution < 1.29 is 19.4 Å². The van der Waals surface area contributed by atoms with Crippen molar-refractivity contribution in [2.24, 2.45) is 0 Å². The van der Waals surface area contributed by atoms with Crippen molar-refractivity contribution in [3.8, 4) is 5.75 Å². The smallest absolute Gasteiger partial charge is 0.303 e. The van der Waals surface area contributed by atoms with Crippen LogP contribution in [0.4, 0.5) is 0 Å². The van der Waals surface area contributed by atoms with Crippen LogP contribution in [0.1, 0.15) is 36.0 Å². The number of hydrogen-bond acceptors (Lipinski definition) is 3. The maximum atomic E-state index is 10.8. The molecule has 0 radical (unpaired) electrons. The number of carboxylic acid groups (broad SMARTS) is 1. The van der Waals surface area contributed by atoms with E-state index < -0.39 is 11.6 Å². The summed E-state index contributed by atoms with van der Waals surface area (Å²) in [6, 6.07) is 4.06. The summed E-state index contributed by atoms with van der Waals surface area (Å²) in [4.78, 5) is 10.8. The van der Waals surface area contributed by atoms with Crippen molar-refractivity contribution in [2.45, 2.75) is 38.7 Å². The first kappa shape index (κ1) is 13.9. The molecule has 1 fully saturated rings. The monoisotopic (exact) mass is 264 g/mol. The Morgan fingerprint density at radius 2 is 2.05 bits per heavy atom. The molecule has 0 aromatic heterocycles. The van der Waals surface area contributed by atoms with E-state index in [-0.39, 0.29) is 6.42 Å². The molecule has 1 heterocycles. The molecule has 1 aromatic carbocycles. The Hall–Kier alpha value is -1.55. The lowest BCUT2D eigenvalue weighted by atomic mass is 9.80. The molecule has 1 saturated heterocycles. The fourth-order valence-electron chi connectivity index (χ4n) is 2.52. The summed E-state index contributed by atoms with van der Waals surface area (Å²) in [7, 11) is 1.64. The van der Waals surface area contributed by atoms with E-state index in [4.69, 9.17) is 14.6 Å². The van der Waals surface area contributed by atoms with Crippen LogP contribution in [0.15, 0.2) is 12.1 Å². The molecule has 0 amide bonds. The first-order valence-corrected chi connectivity index (χ1v) is 6.50. The summed E-state index contributed by atoms with van der Waals surface area (Å²) in [5.74, 6) is -0.00846. The molecular weight excluding hydrogens is 244 g/mol. The predicted octanol–water partition coefficient (Wildman–Crippen LogP) is 2.79. The molecule has 2 rings (SSSR count). The number of hydrogen-bond donors (Lipinski definition) is 1. The minimum absolute atomic E-state index is 0.107. The van der Waals surface area contributed by atoms with Gasteiger partial charge in [-0.1, -0.05) is 0 Å². The van der Waals surface area contributed by atoms with E-state index in [0.29, 0.717) is 13.0 Å². The van der Waals surface area contributed by atoms with E-state index in [0.717, 1.165) is 23.3 Å². The van der Waals surface area contributed by atoms with Crippen molar-refractivity contribution in [3.63, 3.8) is 0 Å². The lowest BCUT2D eigenvalue weighted by Crippen LogP contribution is -2.41. The van der Waals surface area contributed by atoms with E-state index in [9.17, 15) is 4.79 Å². The van der Waals surface area contributed by atoms with Gasteiger partial charge in [-0.3, -0.25) is 4.79 Å². The Morgan fingerprint density at radius 3 is 2.53 bits per heavy atom. The Kier molecular flexibility index (Phi) is 3.80. The summed E-state index contributed by atoms with van der Waals surface area (Å²) < 4.78 is 11.2. The largest absolute Gasteiger partial charge is 0.496 e. The Labute approximate surface area is 113 Å². The van der Waals surface area contributed by atoms with Crippen LogP contribution >= 0.6 is 0 Å². The number of aliphatic carboxylic acids is 1. The van der Waals surface area contributed by atoms with Gasteiger partial charge in [0.05, 0.1) is 19.3 Å². The van der Waals surface area contributed by atoms with E-state index in [1.807, 2.05) is 19.9 Å². The lowest BCUT2D eigenvalue weighted by Gasteiger charge is -2.43. The molecule has 0 bridgehead atoms. The molecule has 0 aliphatic carbocycles. The maximum Gasteiger partial charge on any atom is 0.303 e. The van der Waals surface area contributed by atoms with E-state index in [1.165, 1.54) is 5.56 Å². The van der Waals surface area contributed by atoms with Gasteiger partial charge >= 0.3 is 5.97 Å². The van der Waals surface area contributed by atoms with E-state index in [2.05, 4.69) is 6.07 Å². The Morgan fingerprint density at radius 1 is 1.42 bits per heavy atom. The zero-order chi connectivity index (χ0) is 14.0. The van der Waals surface area contributed by atoms with Crippen molar-refractivity contribution in [2.75, 3.05) is 13.7 Å². The van der Waals surface area contributed by atoms with Crippen molar-refractivity contribution >= 4 is 5.97 Å². The molecule has 1 N–H and O–H groups in total. The Bertz CT molecular complexity index is 489. The zero-order valence-corrected chi connectivity index (χ0v) is 11.7. The van der Waals surface area contributed by atoms with Crippen LogP contribution < -0.4 is 4.74 Å². The lowest BCUT2D eigenvalue weighted by molar-refractivity contribution is -0.166. The highest BCUT2D eigenvalue weighted by atomic mass is 16.5. The molecule has 19 heavy (non-hydrogen) atoms. The highest BCUT2D eigenvalue weighted by Crippen LogP contribution is 2.46. The second kappa shape index (κ2) is 5.21. The van der Waals surface area contributed by atoms with Crippen molar-refractivity contribution in [3.05, 3.63) is 28.8 Å². The number of aryl methyl sites for hydroxylation is 2. The van der Waals surface area contributed by atoms with Gasteiger partial charge in [0.2, 0.25) is 0 Å². The minimum Gasteiger partial charge on any atom is -0.496 e. The van der Waals surface area contributed by atoms with Gasteiger partial charge in [-0.05, 0) is 43.5 Å². The van der Waals surface area contributed by atoms with Gasteiger partial charge in [-0.25, -0.2) is 0 Å². The third kappa shape index (κ3) is 2.59. The third-order valence-electron chi connectivity index (χ3n) is 3.93. The summed E-state index contributed by atoms with van der Waals surface area (Å²) in [5.41, 5.74) is 2.82. The quantitative estimate of drug-likeness (QED) is 0.888. The molecule has 4 heteroatoms. The number of benzene rings is 1. The highest BCUT2D eigenvalue weighted by Gasteiger charge is 2.42. The summed E-state index contributed by atoms with van der Waals surface area (Å²) >= 11 is 0. The van der Waals surface area contributed by atoms with Gasteiger partial charge in [-0.15, -0.1) is 0 Å². The standard InChI is InChI=1S/C15H20O4/c1-10-8-12(13(18-3)9-11(10)2)15(6-7-19-15)5-4-14(16)17/h8-9H,4-7H2,1-3H3,(H,16,17). The second-order valence-corrected chi connectivity index (χ2v) is 5.12. The van der Waals surface area contributed by atoms with Gasteiger partial charge in [0.15, 0.2) is 0 Å². The number of methoxy groups -OCH3 is 1. The van der Waals surface area contributed by atoms with Crippen LogP contribution in [-0.4, -0.2) is 24.8 Å². The summed E-state index contributed by atoms with van der Waals surface area (Å²) in [6.45, 7) is 4.75. The van der Waals surface area contributed by atoms with Crippen LogP contribution in [0.3, 0.4) is 0 Å². The van der Waals surface area contributed by atoms with Gasteiger partial charge < -0.3 is 14.6 Å². The van der Waals surface area contributed by atoms with Crippen LogP contribution in [0.5, 0.6) is 5.75 Å². The van der Waals surface area contributed by atoms with Crippen molar-refractivity contribution in [1.82, 2.24) is 0 Å². The van der Waals surface area contributed by atoms with Crippen molar-refractivity contribution in [1.29, 1.82) is 0 Å². The molecule has 1 unspecified atom stereocenters. The van der Waals surface area contributed by atoms with Gasteiger partial charge in [0, 0.05) is 18.4 Å². The van der Waals surface area contributed by atoms with Crippen LogP contribution in [-0.2, 0) is 15.1 Å². The van der Waals surface area contributed by atoms with Crippen LogP contribution in [0.2, 0.25) is 0 Å². The molecule has 1 atom stereocenters. The number of carbonyl (C=O) groups is 1. The first-order chi connectivity index (χ1) is 8.98. The molecule has 1 aliphatic rings. The van der Waals surface area contributed by atoms with E-state index in [1.54, 1.807) is 7.11 Å². The molecule has 0 saturated carbocycles. The van der Waals surface area contributed by atoms with Gasteiger partial charge in [0.25, 0.3) is 0 Å². The summed E-state index contributed by atoms with van der Waals surface area (Å²) in [6.07, 6.45) is 1.44. The average molecular weight is 264 g/mol. The Balaban J connectivity index is 2.37. The SMILES string of the molecule is COc1cc(C)c(C)cc1C1(CCC(=O)O)CCO1. The van der Waals surface area contributed by atoms with E-state index >= 15 is 0 Å². The predicted molar refractivity (Wildman–Crippen MR) is 71.6 cm³/mol. The summed E-state index contributed by atoms with van der Waals surface area (Å²) in [5, 5.41) is 8.88. The molecule has 0 spiro atoms. The average Bonchev–Trinajstić information content (AvgIpc) is 2.31. The van der Waals surface area contributed by atoms with Crippen LogP contribution in [0, 0.1) is 13.8 Å². The number of carboxylic acids is 1. The number of rotatable bonds is 5. The van der Waals surface area contributed by atoms with Gasteiger partial charge in [-0.2, -0.15) is 0 Å². The normalized spacial score (nSPS) is 21.8. The van der Waals surface area contributed by atoms with Gasteiger partial charge in [0.1, 0.15) is 5.75 Å². The molecule has 4 nitrogen and oxygen atoms in total. The molecular formula is C15H20O4. The second-order valence-electron chi connectivity index (χ2n) is 5.12. The first-order valence-electron chi connectivity index (χ1n) is 6.50. The minimum atomic E-state index is -0.794. The fraction of sp³-hybridized carbons (Fsp3) is 0.533. The molecule has 104 valence electrons. The molecule has 1 aromatic rings. The molecule has 1 aliphatic heterocycles. The highest BCUT2D eigenvalue weighted by molar-refractivity contribution is 5.67. The zero-order valence-electron chi connectivity index (χ0n) is 11.7.